The molecule has 0 aliphatic carbocycles. The highest BCUT2D eigenvalue weighted by molar-refractivity contribution is 5.82. The van der Waals surface area contributed by atoms with E-state index in [1.54, 1.807) is 6.33 Å². The molecule has 5 rings (SSSR count). The van der Waals surface area contributed by atoms with Crippen molar-refractivity contribution in [1.82, 2.24) is 29.5 Å². The summed E-state index contributed by atoms with van der Waals surface area (Å²) in [5.41, 5.74) is 4.71. The van der Waals surface area contributed by atoms with Crippen molar-refractivity contribution in [3.63, 3.8) is 0 Å². The average molecular weight is 380 g/mol. The van der Waals surface area contributed by atoms with Gasteiger partial charge in [0, 0.05) is 13.0 Å². The Morgan fingerprint density at radius 2 is 1.90 bits per heavy atom. The Morgan fingerprint density at radius 3 is 2.83 bits per heavy atom. The topological polar surface area (TPSA) is 108 Å². The number of nitrogens with zero attached hydrogens (tertiary/aromatic N) is 6. The third-order valence-corrected chi connectivity index (χ3v) is 4.76. The Bertz CT molecular complexity index is 1360. The first-order valence-electron chi connectivity index (χ1n) is 9.19. The van der Waals surface area contributed by atoms with Crippen molar-refractivity contribution in [1.29, 1.82) is 5.26 Å². The van der Waals surface area contributed by atoms with Crippen molar-refractivity contribution in [3.8, 4) is 11.8 Å². The lowest BCUT2D eigenvalue weighted by molar-refractivity contribution is 0.866. The zero-order valence-electron chi connectivity index (χ0n) is 15.4. The number of nitrogens with one attached hydrogen (secondary N) is 2. The second-order valence-electron chi connectivity index (χ2n) is 6.48. The molecule has 0 aliphatic heterocycles. The van der Waals surface area contributed by atoms with E-state index in [1.165, 1.54) is 6.33 Å². The highest BCUT2D eigenvalue weighted by Crippen LogP contribution is 2.24. The van der Waals surface area contributed by atoms with Gasteiger partial charge in [-0.1, -0.05) is 24.3 Å². The summed E-state index contributed by atoms with van der Waals surface area (Å²) < 4.78 is 2.06. The van der Waals surface area contributed by atoms with Gasteiger partial charge in [0.15, 0.2) is 11.5 Å². The molecule has 8 heteroatoms. The van der Waals surface area contributed by atoms with E-state index in [4.69, 9.17) is 4.98 Å². The Morgan fingerprint density at radius 1 is 1.03 bits per heavy atom. The van der Waals surface area contributed by atoms with Gasteiger partial charge in [-0.3, -0.25) is 4.57 Å². The lowest BCUT2D eigenvalue weighted by Crippen LogP contribution is -2.11. The minimum atomic E-state index is 0.611. The standard InChI is InChI=1S/C21H16N8/c22-11-14-5-1-3-7-16(14)29-17-8-4-2-6-15(17)28-18(29)9-10-23-20-19-21(25-12-24-19)27-13-26-20/h1-8,12-13H,9-10H2,(H2,23,24,25,26,27). The van der Waals surface area contributed by atoms with Crippen molar-refractivity contribution in [2.45, 2.75) is 6.42 Å². The maximum absolute atomic E-state index is 9.57. The van der Waals surface area contributed by atoms with Crippen LogP contribution in [0.3, 0.4) is 0 Å². The molecule has 0 fully saturated rings. The summed E-state index contributed by atoms with van der Waals surface area (Å²) in [7, 11) is 0. The fourth-order valence-electron chi connectivity index (χ4n) is 3.47. The number of aromatic amines is 1. The highest BCUT2D eigenvalue weighted by atomic mass is 15.1. The molecule has 2 aromatic carbocycles. The van der Waals surface area contributed by atoms with Gasteiger partial charge in [0.1, 0.15) is 23.7 Å². The molecule has 3 heterocycles. The highest BCUT2D eigenvalue weighted by Gasteiger charge is 2.15. The number of imidazole rings is 2. The first-order valence-corrected chi connectivity index (χ1v) is 9.19. The second-order valence-corrected chi connectivity index (χ2v) is 6.48. The molecule has 0 radical (unpaired) electrons. The van der Waals surface area contributed by atoms with Crippen LogP contribution in [0.5, 0.6) is 0 Å². The van der Waals surface area contributed by atoms with E-state index in [0.717, 1.165) is 28.1 Å². The normalized spacial score (nSPS) is 11.0. The van der Waals surface area contributed by atoms with Crippen LogP contribution in [-0.4, -0.2) is 36.0 Å². The third kappa shape index (κ3) is 2.95. The van der Waals surface area contributed by atoms with Gasteiger partial charge < -0.3 is 10.3 Å². The van der Waals surface area contributed by atoms with Crippen LogP contribution in [-0.2, 0) is 6.42 Å². The van der Waals surface area contributed by atoms with Gasteiger partial charge in [-0.15, -0.1) is 0 Å². The SMILES string of the molecule is N#Cc1ccccc1-n1c(CCNc2ncnc3nc[nH]c23)nc2ccccc21. The van der Waals surface area contributed by atoms with E-state index in [9.17, 15) is 5.26 Å². The van der Waals surface area contributed by atoms with Crippen LogP contribution in [0.1, 0.15) is 11.4 Å². The first kappa shape index (κ1) is 16.9. The van der Waals surface area contributed by atoms with Crippen molar-refractivity contribution >= 4 is 28.0 Å². The average Bonchev–Trinajstić information content (AvgIpc) is 3.38. The summed E-state index contributed by atoms with van der Waals surface area (Å²) in [6.07, 6.45) is 3.74. The van der Waals surface area contributed by atoms with E-state index in [0.29, 0.717) is 30.0 Å². The van der Waals surface area contributed by atoms with E-state index >= 15 is 0 Å². The van der Waals surface area contributed by atoms with Crippen LogP contribution in [0.4, 0.5) is 5.82 Å². The van der Waals surface area contributed by atoms with Gasteiger partial charge >= 0.3 is 0 Å². The van der Waals surface area contributed by atoms with Crippen molar-refractivity contribution in [2.24, 2.45) is 0 Å². The Hall–Kier alpha value is -4.25. The predicted octanol–water partition coefficient (Wildman–Crippen LogP) is 3.22. The molecule has 2 N–H and O–H groups in total. The number of nitriles is 1. The molecule has 0 bridgehead atoms. The second kappa shape index (κ2) is 7.05. The van der Waals surface area contributed by atoms with Crippen LogP contribution in [0.15, 0.2) is 61.2 Å². The molecule has 29 heavy (non-hydrogen) atoms. The van der Waals surface area contributed by atoms with E-state index < -0.39 is 0 Å². The molecular formula is C21H16N8. The largest absolute Gasteiger partial charge is 0.368 e. The quantitative estimate of drug-likeness (QED) is 0.485. The minimum absolute atomic E-state index is 0.611. The fraction of sp³-hybridized carbons (Fsp3) is 0.0952. The summed E-state index contributed by atoms with van der Waals surface area (Å²) in [5.74, 6) is 1.57. The molecule has 0 unspecified atom stereocenters. The minimum Gasteiger partial charge on any atom is -0.368 e. The van der Waals surface area contributed by atoms with Crippen LogP contribution < -0.4 is 5.32 Å². The molecular weight excluding hydrogens is 364 g/mol. The molecule has 0 saturated carbocycles. The lowest BCUT2D eigenvalue weighted by atomic mass is 10.2. The van der Waals surface area contributed by atoms with Crippen molar-refractivity contribution in [3.05, 3.63) is 72.6 Å². The Labute approximate surface area is 165 Å². The van der Waals surface area contributed by atoms with Crippen molar-refractivity contribution in [2.75, 3.05) is 11.9 Å². The summed E-state index contributed by atoms with van der Waals surface area (Å²) >= 11 is 0. The van der Waals surface area contributed by atoms with E-state index in [1.807, 2.05) is 48.5 Å². The summed E-state index contributed by atoms with van der Waals surface area (Å²) in [4.78, 5) is 20.4. The molecule has 8 nitrogen and oxygen atoms in total. The smallest absolute Gasteiger partial charge is 0.182 e. The Kier molecular flexibility index (Phi) is 4.11. The number of aromatic nitrogens is 6. The molecule has 3 aromatic heterocycles. The van der Waals surface area contributed by atoms with Gasteiger partial charge in [0.2, 0.25) is 0 Å². The van der Waals surface area contributed by atoms with Crippen LogP contribution in [0.2, 0.25) is 0 Å². The molecule has 0 atom stereocenters. The molecule has 140 valence electrons. The number of anilines is 1. The summed E-state index contributed by atoms with van der Waals surface area (Å²) in [5, 5.41) is 12.9. The summed E-state index contributed by atoms with van der Waals surface area (Å²) in [6, 6.07) is 17.8. The zero-order chi connectivity index (χ0) is 19.6. The number of H-pyrrole nitrogens is 1. The zero-order valence-corrected chi connectivity index (χ0v) is 15.4. The maximum atomic E-state index is 9.57. The number of hydrogen-bond acceptors (Lipinski definition) is 6. The van der Waals surface area contributed by atoms with Crippen molar-refractivity contribution < 1.29 is 0 Å². The third-order valence-electron chi connectivity index (χ3n) is 4.76. The monoisotopic (exact) mass is 380 g/mol. The molecule has 0 saturated heterocycles. The van der Waals surface area contributed by atoms with Gasteiger partial charge in [0.25, 0.3) is 0 Å². The lowest BCUT2D eigenvalue weighted by Gasteiger charge is -2.11. The number of hydrogen-bond donors (Lipinski definition) is 2. The van der Waals surface area contributed by atoms with E-state index in [-0.39, 0.29) is 0 Å². The van der Waals surface area contributed by atoms with Gasteiger partial charge in [-0.25, -0.2) is 19.9 Å². The number of para-hydroxylation sites is 3. The predicted molar refractivity (Wildman–Crippen MR) is 110 cm³/mol. The van der Waals surface area contributed by atoms with E-state index in [2.05, 4.69) is 35.9 Å². The Balaban J connectivity index is 1.50. The van der Waals surface area contributed by atoms with Gasteiger partial charge in [-0.2, -0.15) is 5.26 Å². The number of fused-ring (bicyclic) bond motifs is 2. The first-order chi connectivity index (χ1) is 14.3. The van der Waals surface area contributed by atoms with Crippen LogP contribution in [0, 0.1) is 11.3 Å². The van der Waals surface area contributed by atoms with Crippen LogP contribution >= 0.6 is 0 Å². The fourth-order valence-corrected chi connectivity index (χ4v) is 3.47. The van der Waals surface area contributed by atoms with Gasteiger partial charge in [0.05, 0.1) is 28.6 Å². The van der Waals surface area contributed by atoms with Crippen LogP contribution in [0.25, 0.3) is 27.9 Å². The molecule has 0 spiro atoms. The van der Waals surface area contributed by atoms with Gasteiger partial charge in [-0.05, 0) is 24.3 Å². The number of benzene rings is 2. The molecule has 5 aromatic rings. The number of rotatable bonds is 5. The maximum Gasteiger partial charge on any atom is 0.182 e. The summed E-state index contributed by atoms with van der Waals surface area (Å²) in [6.45, 7) is 0.614. The molecule has 0 aliphatic rings. The molecule has 0 amide bonds.